The Morgan fingerprint density at radius 2 is 1.68 bits per heavy atom. The Balaban J connectivity index is 2.29. The summed E-state index contributed by atoms with van der Waals surface area (Å²) in [6.07, 6.45) is 1.01. The van der Waals surface area contributed by atoms with E-state index in [4.69, 9.17) is 0 Å². The number of nitrogens with one attached hydrogen (secondary N) is 2. The number of carbonyl (C=O) groups excluding carboxylic acids is 2. The maximum Gasteiger partial charge on any atom is 0.317 e. The largest absolute Gasteiger partial charge is 0.338 e. The lowest BCUT2D eigenvalue weighted by Gasteiger charge is -2.34. The lowest BCUT2D eigenvalue weighted by atomic mass is 10.2. The third-order valence-electron chi connectivity index (χ3n) is 3.46. The van der Waals surface area contributed by atoms with Gasteiger partial charge in [0.2, 0.25) is 5.91 Å². The molecule has 1 aliphatic rings. The smallest absolute Gasteiger partial charge is 0.317 e. The fraction of sp³-hybridized carbons (Fsp3) is 0.846. The minimum Gasteiger partial charge on any atom is -0.338 e. The molecule has 0 aromatic carbocycles. The van der Waals surface area contributed by atoms with Crippen LogP contribution in [0.2, 0.25) is 0 Å². The predicted molar refractivity (Wildman–Crippen MR) is 75.0 cm³/mol. The monoisotopic (exact) mass is 270 g/mol. The van der Waals surface area contributed by atoms with Crippen molar-refractivity contribution < 1.29 is 9.59 Å². The topological polar surface area (TPSA) is 64.7 Å². The quantitative estimate of drug-likeness (QED) is 0.752. The minimum absolute atomic E-state index is 0.0349. The molecule has 1 aliphatic heterocycles. The van der Waals surface area contributed by atoms with E-state index >= 15 is 0 Å². The van der Waals surface area contributed by atoms with Gasteiger partial charge in [-0.1, -0.05) is 6.92 Å². The van der Waals surface area contributed by atoms with E-state index in [9.17, 15) is 9.59 Å². The second-order valence-corrected chi connectivity index (χ2v) is 4.89. The van der Waals surface area contributed by atoms with Gasteiger partial charge in [0.1, 0.15) is 0 Å². The predicted octanol–water partition coefficient (Wildman–Crippen LogP) is 0.248. The Hall–Kier alpha value is -1.30. The highest BCUT2D eigenvalue weighted by molar-refractivity contribution is 5.79. The lowest BCUT2D eigenvalue weighted by molar-refractivity contribution is -0.131. The van der Waals surface area contributed by atoms with Gasteiger partial charge in [-0.25, -0.2) is 4.79 Å². The Labute approximate surface area is 115 Å². The van der Waals surface area contributed by atoms with Crippen molar-refractivity contribution in [3.63, 3.8) is 0 Å². The summed E-state index contributed by atoms with van der Waals surface area (Å²) < 4.78 is 0. The molecule has 3 amide bonds. The van der Waals surface area contributed by atoms with E-state index in [0.29, 0.717) is 45.3 Å². The molecule has 19 heavy (non-hydrogen) atoms. The zero-order chi connectivity index (χ0) is 14.3. The van der Waals surface area contributed by atoms with E-state index in [2.05, 4.69) is 24.5 Å². The van der Waals surface area contributed by atoms with Crippen molar-refractivity contribution in [2.45, 2.75) is 33.2 Å². The van der Waals surface area contributed by atoms with E-state index in [1.807, 2.05) is 11.8 Å². The van der Waals surface area contributed by atoms with Gasteiger partial charge in [-0.05, 0) is 20.3 Å². The summed E-state index contributed by atoms with van der Waals surface area (Å²) in [6, 6.07) is 0.327. The second kappa shape index (κ2) is 7.99. The van der Waals surface area contributed by atoms with Gasteiger partial charge in [-0.15, -0.1) is 0 Å². The summed E-state index contributed by atoms with van der Waals surface area (Å²) in [5, 5.41) is 5.98. The second-order valence-electron chi connectivity index (χ2n) is 4.89. The van der Waals surface area contributed by atoms with Crippen LogP contribution >= 0.6 is 0 Å². The fourth-order valence-electron chi connectivity index (χ4n) is 1.94. The normalized spacial score (nSPS) is 17.2. The highest BCUT2D eigenvalue weighted by Crippen LogP contribution is 2.02. The summed E-state index contributed by atoms with van der Waals surface area (Å²) in [7, 11) is 0. The number of urea groups is 1. The third-order valence-corrected chi connectivity index (χ3v) is 3.46. The van der Waals surface area contributed by atoms with Gasteiger partial charge >= 0.3 is 6.03 Å². The van der Waals surface area contributed by atoms with Crippen LogP contribution in [-0.4, -0.2) is 67.0 Å². The molecule has 1 heterocycles. The molecule has 0 bridgehead atoms. The third kappa shape index (κ3) is 5.06. The van der Waals surface area contributed by atoms with Crippen molar-refractivity contribution in [3.05, 3.63) is 0 Å². The van der Waals surface area contributed by atoms with Crippen molar-refractivity contribution in [2.75, 3.05) is 39.3 Å². The number of rotatable bonds is 5. The van der Waals surface area contributed by atoms with E-state index < -0.39 is 0 Å². The summed E-state index contributed by atoms with van der Waals surface area (Å²) >= 11 is 0. The number of hydrogen-bond acceptors (Lipinski definition) is 3. The number of carbonyl (C=O) groups is 2. The Bertz CT molecular complexity index is 301. The van der Waals surface area contributed by atoms with E-state index in [1.54, 1.807) is 4.90 Å². The highest BCUT2D eigenvalue weighted by Gasteiger charge is 2.23. The Kier molecular flexibility index (Phi) is 6.62. The molecule has 0 spiro atoms. The van der Waals surface area contributed by atoms with Gasteiger partial charge in [0.25, 0.3) is 0 Å². The van der Waals surface area contributed by atoms with Crippen LogP contribution in [0.1, 0.15) is 27.2 Å². The summed E-state index contributed by atoms with van der Waals surface area (Å²) in [6.45, 7) is 9.55. The van der Waals surface area contributed by atoms with Gasteiger partial charge in [-0.2, -0.15) is 0 Å². The molecule has 1 rings (SSSR count). The van der Waals surface area contributed by atoms with Crippen molar-refractivity contribution >= 4 is 11.9 Å². The molecule has 1 atom stereocenters. The Morgan fingerprint density at radius 1 is 1.11 bits per heavy atom. The summed E-state index contributed by atoms with van der Waals surface area (Å²) in [4.78, 5) is 27.2. The SMILES string of the molecule is CCNC(=O)N1CCN(C(=O)CNC(C)CC)CC1. The van der Waals surface area contributed by atoms with Crippen LogP contribution in [0.4, 0.5) is 4.79 Å². The van der Waals surface area contributed by atoms with Crippen LogP contribution in [-0.2, 0) is 4.79 Å². The van der Waals surface area contributed by atoms with Crippen LogP contribution in [0, 0.1) is 0 Å². The molecule has 1 fully saturated rings. The summed E-state index contributed by atoms with van der Waals surface area (Å²) in [5.41, 5.74) is 0. The van der Waals surface area contributed by atoms with Crippen LogP contribution in [0.5, 0.6) is 0 Å². The number of piperazine rings is 1. The molecule has 0 saturated carbocycles. The first kappa shape index (κ1) is 15.8. The van der Waals surface area contributed by atoms with Crippen molar-refractivity contribution in [2.24, 2.45) is 0 Å². The highest BCUT2D eigenvalue weighted by atomic mass is 16.2. The van der Waals surface area contributed by atoms with Crippen LogP contribution in [0.25, 0.3) is 0 Å². The van der Waals surface area contributed by atoms with Crippen LogP contribution in [0.3, 0.4) is 0 Å². The van der Waals surface area contributed by atoms with Crippen molar-refractivity contribution in [3.8, 4) is 0 Å². The number of nitrogens with zero attached hydrogens (tertiary/aromatic N) is 2. The first-order chi connectivity index (χ1) is 9.08. The lowest BCUT2D eigenvalue weighted by Crippen LogP contribution is -2.54. The number of hydrogen-bond donors (Lipinski definition) is 2. The zero-order valence-corrected chi connectivity index (χ0v) is 12.2. The van der Waals surface area contributed by atoms with Gasteiger partial charge in [0.05, 0.1) is 6.54 Å². The molecule has 6 nitrogen and oxygen atoms in total. The molecule has 6 heteroatoms. The molecule has 1 unspecified atom stereocenters. The fourth-order valence-corrected chi connectivity index (χ4v) is 1.94. The molecular weight excluding hydrogens is 244 g/mol. The van der Waals surface area contributed by atoms with Gasteiger partial charge < -0.3 is 20.4 Å². The summed E-state index contributed by atoms with van der Waals surface area (Å²) in [5.74, 6) is 0.121. The van der Waals surface area contributed by atoms with E-state index in [0.717, 1.165) is 6.42 Å². The molecule has 2 N–H and O–H groups in total. The minimum atomic E-state index is -0.0349. The molecule has 0 aromatic rings. The van der Waals surface area contributed by atoms with Crippen LogP contribution < -0.4 is 10.6 Å². The van der Waals surface area contributed by atoms with Gasteiger partial charge in [-0.3, -0.25) is 4.79 Å². The van der Waals surface area contributed by atoms with Crippen LogP contribution in [0.15, 0.2) is 0 Å². The van der Waals surface area contributed by atoms with Gasteiger partial charge in [0.15, 0.2) is 0 Å². The first-order valence-corrected chi connectivity index (χ1v) is 7.12. The molecule has 110 valence electrons. The Morgan fingerprint density at radius 3 is 2.21 bits per heavy atom. The molecule has 1 saturated heterocycles. The van der Waals surface area contributed by atoms with Crippen molar-refractivity contribution in [1.82, 2.24) is 20.4 Å². The standard InChI is InChI=1S/C13H26N4O2/c1-4-11(3)15-10-12(18)16-6-8-17(9-7-16)13(19)14-5-2/h11,15H,4-10H2,1-3H3,(H,14,19). The molecule has 0 aliphatic carbocycles. The maximum absolute atomic E-state index is 12.0. The first-order valence-electron chi connectivity index (χ1n) is 7.12. The average Bonchev–Trinajstić information content (AvgIpc) is 2.44. The molecular formula is C13H26N4O2. The molecule has 0 aromatic heterocycles. The zero-order valence-electron chi connectivity index (χ0n) is 12.2. The van der Waals surface area contributed by atoms with Crippen molar-refractivity contribution in [1.29, 1.82) is 0 Å². The van der Waals surface area contributed by atoms with E-state index in [-0.39, 0.29) is 11.9 Å². The van der Waals surface area contributed by atoms with E-state index in [1.165, 1.54) is 0 Å². The van der Waals surface area contributed by atoms with Gasteiger partial charge in [0, 0.05) is 38.8 Å². The average molecular weight is 270 g/mol. The molecule has 0 radical (unpaired) electrons. The number of amides is 3. The maximum atomic E-state index is 12.0.